The molecule has 0 unspecified atom stereocenters. The molecule has 1 amide bonds. The third-order valence-electron chi connectivity index (χ3n) is 3.24. The Morgan fingerprint density at radius 2 is 2.05 bits per heavy atom. The number of para-hydroxylation sites is 1. The second-order valence-electron chi connectivity index (χ2n) is 5.17. The molecule has 0 aliphatic carbocycles. The van der Waals surface area contributed by atoms with E-state index in [-0.39, 0.29) is 30.2 Å². The van der Waals surface area contributed by atoms with Gasteiger partial charge in [-0.15, -0.1) is 0 Å². The monoisotopic (exact) mass is 268 g/mol. The Bertz CT molecular complexity index is 435. The summed E-state index contributed by atoms with van der Waals surface area (Å²) in [7, 11) is 1.84. The van der Waals surface area contributed by atoms with Crippen molar-refractivity contribution >= 4 is 11.6 Å². The molecule has 4 nitrogen and oxygen atoms in total. The van der Waals surface area contributed by atoms with Crippen molar-refractivity contribution in [2.24, 2.45) is 0 Å². The molecule has 1 rings (SSSR count). The molecule has 0 spiro atoms. The quantitative estimate of drug-likeness (QED) is 0.828. The van der Waals surface area contributed by atoms with Crippen molar-refractivity contribution in [2.75, 3.05) is 25.5 Å². The van der Waals surface area contributed by atoms with Gasteiger partial charge in [0.25, 0.3) is 0 Å². The number of rotatable bonds is 6. The van der Waals surface area contributed by atoms with Gasteiger partial charge in [0.2, 0.25) is 5.91 Å². The first-order valence-electron chi connectivity index (χ1n) is 6.23. The maximum Gasteiger partial charge on any atom is 0.225 e. The van der Waals surface area contributed by atoms with E-state index in [0.29, 0.717) is 6.54 Å². The van der Waals surface area contributed by atoms with E-state index in [4.69, 9.17) is 0 Å². The lowest BCUT2D eigenvalue weighted by atomic mass is 10.1. The minimum atomic E-state index is -0.445. The molecule has 0 radical (unpaired) electrons. The van der Waals surface area contributed by atoms with Gasteiger partial charge in [-0.1, -0.05) is 12.1 Å². The second kappa shape index (κ2) is 6.63. The molecule has 19 heavy (non-hydrogen) atoms. The number of halogens is 1. The molecule has 1 aromatic rings. The normalized spacial score (nSPS) is 11.7. The van der Waals surface area contributed by atoms with Gasteiger partial charge >= 0.3 is 0 Å². The highest BCUT2D eigenvalue weighted by Crippen LogP contribution is 2.14. The Labute approximate surface area is 113 Å². The van der Waals surface area contributed by atoms with Crippen molar-refractivity contribution < 1.29 is 14.3 Å². The Morgan fingerprint density at radius 1 is 1.42 bits per heavy atom. The van der Waals surface area contributed by atoms with E-state index in [1.54, 1.807) is 12.1 Å². The van der Waals surface area contributed by atoms with Gasteiger partial charge in [0.15, 0.2) is 0 Å². The molecule has 0 aliphatic rings. The zero-order valence-electron chi connectivity index (χ0n) is 11.6. The predicted octanol–water partition coefficient (Wildman–Crippen LogP) is 1.86. The number of nitrogens with one attached hydrogen (secondary N) is 1. The molecule has 0 aromatic heterocycles. The number of hydrogen-bond donors (Lipinski definition) is 2. The smallest absolute Gasteiger partial charge is 0.225 e. The van der Waals surface area contributed by atoms with Crippen LogP contribution in [0.1, 0.15) is 20.3 Å². The molecule has 0 atom stereocenters. The number of nitrogens with zero attached hydrogens (tertiary/aromatic N) is 1. The number of hydrogen-bond acceptors (Lipinski definition) is 3. The summed E-state index contributed by atoms with van der Waals surface area (Å²) in [6.45, 7) is 4.29. The van der Waals surface area contributed by atoms with E-state index in [1.807, 2.05) is 25.8 Å². The van der Waals surface area contributed by atoms with E-state index in [9.17, 15) is 14.3 Å². The summed E-state index contributed by atoms with van der Waals surface area (Å²) in [6, 6.07) is 6.06. The first-order valence-corrected chi connectivity index (χ1v) is 6.23. The van der Waals surface area contributed by atoms with Crippen molar-refractivity contribution in [1.82, 2.24) is 4.90 Å². The zero-order valence-corrected chi connectivity index (χ0v) is 11.6. The Balaban J connectivity index is 2.47. The molecular formula is C14H21FN2O2. The molecule has 1 aromatic carbocycles. The van der Waals surface area contributed by atoms with Gasteiger partial charge in [0.05, 0.1) is 12.3 Å². The van der Waals surface area contributed by atoms with E-state index >= 15 is 0 Å². The average molecular weight is 268 g/mol. The molecule has 0 fully saturated rings. The highest BCUT2D eigenvalue weighted by atomic mass is 19.1. The van der Waals surface area contributed by atoms with Crippen molar-refractivity contribution in [3.05, 3.63) is 30.1 Å². The Morgan fingerprint density at radius 3 is 2.63 bits per heavy atom. The van der Waals surface area contributed by atoms with Gasteiger partial charge in [0.1, 0.15) is 5.82 Å². The SMILES string of the molecule is CN(CCC(=O)Nc1ccccc1F)C(C)(C)CO. The fourth-order valence-electron chi connectivity index (χ4n) is 1.47. The van der Waals surface area contributed by atoms with Gasteiger partial charge in [-0.05, 0) is 33.0 Å². The van der Waals surface area contributed by atoms with E-state index in [2.05, 4.69) is 5.32 Å². The number of anilines is 1. The molecule has 0 aliphatic heterocycles. The van der Waals surface area contributed by atoms with Crippen LogP contribution < -0.4 is 5.32 Å². The van der Waals surface area contributed by atoms with E-state index < -0.39 is 5.82 Å². The van der Waals surface area contributed by atoms with Crippen LogP contribution in [0.4, 0.5) is 10.1 Å². The van der Waals surface area contributed by atoms with Crippen LogP contribution in [0, 0.1) is 5.82 Å². The summed E-state index contributed by atoms with van der Waals surface area (Å²) >= 11 is 0. The molecule has 106 valence electrons. The molecule has 0 heterocycles. The number of aliphatic hydroxyl groups excluding tert-OH is 1. The minimum absolute atomic E-state index is 0.0123. The van der Waals surface area contributed by atoms with Crippen LogP contribution in [0.15, 0.2) is 24.3 Å². The predicted molar refractivity (Wildman–Crippen MR) is 73.4 cm³/mol. The lowest BCUT2D eigenvalue weighted by molar-refractivity contribution is -0.116. The van der Waals surface area contributed by atoms with Gasteiger partial charge in [0, 0.05) is 18.5 Å². The van der Waals surface area contributed by atoms with Crippen LogP contribution in [-0.2, 0) is 4.79 Å². The first-order chi connectivity index (χ1) is 8.86. The van der Waals surface area contributed by atoms with Gasteiger partial charge in [-0.2, -0.15) is 0 Å². The Hall–Kier alpha value is -1.46. The standard InChI is InChI=1S/C14H21FN2O2/c1-14(2,10-18)17(3)9-8-13(19)16-12-7-5-4-6-11(12)15/h4-7,18H,8-10H2,1-3H3,(H,16,19). The fourth-order valence-corrected chi connectivity index (χ4v) is 1.47. The highest BCUT2D eigenvalue weighted by molar-refractivity contribution is 5.90. The summed E-state index contributed by atoms with van der Waals surface area (Å²) in [4.78, 5) is 13.6. The van der Waals surface area contributed by atoms with Crippen LogP contribution in [-0.4, -0.2) is 41.7 Å². The third-order valence-corrected chi connectivity index (χ3v) is 3.24. The first kappa shape index (κ1) is 15.6. The van der Waals surface area contributed by atoms with Crippen molar-refractivity contribution in [1.29, 1.82) is 0 Å². The molecule has 0 saturated heterocycles. The van der Waals surface area contributed by atoms with Gasteiger partial charge in [-0.25, -0.2) is 4.39 Å². The molecule has 2 N–H and O–H groups in total. The van der Waals surface area contributed by atoms with Crippen LogP contribution in [0.3, 0.4) is 0 Å². The maximum atomic E-state index is 13.3. The summed E-state index contributed by atoms with van der Waals surface area (Å²) in [5.74, 6) is -0.689. The van der Waals surface area contributed by atoms with Gasteiger partial charge < -0.3 is 10.4 Å². The number of aliphatic hydroxyl groups is 1. The third kappa shape index (κ3) is 4.61. The molecule has 5 heteroatoms. The minimum Gasteiger partial charge on any atom is -0.394 e. The number of carbonyl (C=O) groups is 1. The number of likely N-dealkylation sites (N-methyl/N-ethyl adjacent to an activating group) is 1. The largest absolute Gasteiger partial charge is 0.394 e. The van der Waals surface area contributed by atoms with Crippen molar-refractivity contribution in [2.45, 2.75) is 25.8 Å². The topological polar surface area (TPSA) is 52.6 Å². The Kier molecular flexibility index (Phi) is 5.44. The zero-order chi connectivity index (χ0) is 14.5. The molecular weight excluding hydrogens is 247 g/mol. The summed E-state index contributed by atoms with van der Waals surface area (Å²) in [5, 5.41) is 11.7. The lowest BCUT2D eigenvalue weighted by Crippen LogP contribution is -2.45. The van der Waals surface area contributed by atoms with Crippen LogP contribution in [0.25, 0.3) is 0 Å². The fraction of sp³-hybridized carbons (Fsp3) is 0.500. The van der Waals surface area contributed by atoms with Crippen LogP contribution in [0.5, 0.6) is 0 Å². The van der Waals surface area contributed by atoms with Crippen LogP contribution in [0.2, 0.25) is 0 Å². The number of benzene rings is 1. The van der Waals surface area contributed by atoms with Crippen molar-refractivity contribution in [3.63, 3.8) is 0 Å². The average Bonchev–Trinajstić information content (AvgIpc) is 2.38. The summed E-state index contributed by atoms with van der Waals surface area (Å²) < 4.78 is 13.3. The summed E-state index contributed by atoms with van der Waals surface area (Å²) in [6.07, 6.45) is 0.244. The van der Waals surface area contributed by atoms with E-state index in [1.165, 1.54) is 12.1 Å². The van der Waals surface area contributed by atoms with Crippen molar-refractivity contribution in [3.8, 4) is 0 Å². The summed E-state index contributed by atoms with van der Waals surface area (Å²) in [5.41, 5.74) is -0.185. The number of carbonyl (C=O) groups excluding carboxylic acids is 1. The maximum absolute atomic E-state index is 13.3. The molecule has 0 bridgehead atoms. The van der Waals surface area contributed by atoms with E-state index in [0.717, 1.165) is 0 Å². The lowest BCUT2D eigenvalue weighted by Gasteiger charge is -2.33. The highest BCUT2D eigenvalue weighted by Gasteiger charge is 2.22. The second-order valence-corrected chi connectivity index (χ2v) is 5.17. The van der Waals surface area contributed by atoms with Gasteiger partial charge in [-0.3, -0.25) is 9.69 Å². The number of amides is 1. The molecule has 0 saturated carbocycles. The van der Waals surface area contributed by atoms with Crippen LogP contribution >= 0.6 is 0 Å².